The SMILES string of the molecule is NC1CC(c2cc(N[C@H]3CCN(Cc4ccccc4)C3)ncn2)C1. The minimum Gasteiger partial charge on any atom is -0.366 e. The maximum absolute atomic E-state index is 5.89. The van der Waals surface area contributed by atoms with Gasteiger partial charge in [-0.15, -0.1) is 0 Å². The fourth-order valence-electron chi connectivity index (χ4n) is 3.72. The molecule has 0 amide bonds. The maximum atomic E-state index is 5.89. The first-order valence-electron chi connectivity index (χ1n) is 8.86. The number of rotatable bonds is 5. The first-order valence-corrected chi connectivity index (χ1v) is 8.86. The molecular weight excluding hydrogens is 298 g/mol. The average Bonchev–Trinajstić information content (AvgIpc) is 3.00. The molecule has 5 heteroatoms. The van der Waals surface area contributed by atoms with Crippen molar-refractivity contribution in [2.75, 3.05) is 18.4 Å². The lowest BCUT2D eigenvalue weighted by molar-refractivity contribution is 0.328. The highest BCUT2D eigenvalue weighted by Crippen LogP contribution is 2.35. The second kappa shape index (κ2) is 6.87. The monoisotopic (exact) mass is 323 g/mol. The molecule has 2 aliphatic rings. The Kier molecular flexibility index (Phi) is 4.45. The Morgan fingerprint density at radius 3 is 2.79 bits per heavy atom. The molecular formula is C19H25N5. The van der Waals surface area contributed by atoms with Crippen molar-refractivity contribution in [1.82, 2.24) is 14.9 Å². The van der Waals surface area contributed by atoms with Crippen LogP contribution in [0.5, 0.6) is 0 Å². The molecule has 24 heavy (non-hydrogen) atoms. The molecule has 0 spiro atoms. The third-order valence-corrected chi connectivity index (χ3v) is 5.15. The smallest absolute Gasteiger partial charge is 0.129 e. The summed E-state index contributed by atoms with van der Waals surface area (Å²) in [7, 11) is 0. The zero-order valence-corrected chi connectivity index (χ0v) is 13.9. The van der Waals surface area contributed by atoms with Crippen molar-refractivity contribution in [3.63, 3.8) is 0 Å². The molecule has 1 saturated carbocycles. The van der Waals surface area contributed by atoms with E-state index in [1.54, 1.807) is 6.33 Å². The summed E-state index contributed by atoms with van der Waals surface area (Å²) in [5.74, 6) is 1.47. The quantitative estimate of drug-likeness (QED) is 0.884. The summed E-state index contributed by atoms with van der Waals surface area (Å²) in [6, 6.07) is 13.6. The van der Waals surface area contributed by atoms with Gasteiger partial charge in [-0.1, -0.05) is 30.3 Å². The van der Waals surface area contributed by atoms with Crippen molar-refractivity contribution >= 4 is 5.82 Å². The Labute approximate surface area is 143 Å². The van der Waals surface area contributed by atoms with Crippen LogP contribution in [0.2, 0.25) is 0 Å². The van der Waals surface area contributed by atoms with Gasteiger partial charge in [0.2, 0.25) is 0 Å². The molecule has 1 aromatic carbocycles. The molecule has 1 aliphatic heterocycles. The lowest BCUT2D eigenvalue weighted by atomic mass is 9.78. The standard InChI is InChI=1S/C19H25N5/c20-16-8-15(9-16)18-10-19(22-13-21-18)23-17-6-7-24(12-17)11-14-4-2-1-3-5-14/h1-5,10,13,15-17H,6-9,11-12,20H2,(H,21,22,23)/t15?,16?,17-/m0/s1. The first-order chi connectivity index (χ1) is 11.8. The van der Waals surface area contributed by atoms with Crippen LogP contribution < -0.4 is 11.1 Å². The van der Waals surface area contributed by atoms with Crippen molar-refractivity contribution in [3.8, 4) is 0 Å². The Morgan fingerprint density at radius 1 is 1.17 bits per heavy atom. The van der Waals surface area contributed by atoms with Crippen molar-refractivity contribution in [2.24, 2.45) is 5.73 Å². The van der Waals surface area contributed by atoms with E-state index < -0.39 is 0 Å². The lowest BCUT2D eigenvalue weighted by Gasteiger charge is -2.31. The number of aromatic nitrogens is 2. The third kappa shape index (κ3) is 3.57. The highest BCUT2D eigenvalue weighted by molar-refractivity contribution is 5.38. The summed E-state index contributed by atoms with van der Waals surface area (Å²) in [6.07, 6.45) is 4.92. The molecule has 0 unspecified atom stereocenters. The van der Waals surface area contributed by atoms with Crippen LogP contribution in [0.25, 0.3) is 0 Å². The van der Waals surface area contributed by atoms with Crippen LogP contribution in [0.4, 0.5) is 5.82 Å². The van der Waals surface area contributed by atoms with Crippen molar-refractivity contribution < 1.29 is 0 Å². The van der Waals surface area contributed by atoms with Gasteiger partial charge < -0.3 is 11.1 Å². The highest BCUT2D eigenvalue weighted by atomic mass is 15.2. The maximum Gasteiger partial charge on any atom is 0.129 e. The van der Waals surface area contributed by atoms with Crippen molar-refractivity contribution in [3.05, 3.63) is 54.0 Å². The number of hydrogen-bond donors (Lipinski definition) is 2. The summed E-state index contributed by atoms with van der Waals surface area (Å²) in [6.45, 7) is 3.21. The van der Waals surface area contributed by atoms with Crippen LogP contribution in [0.1, 0.15) is 36.4 Å². The number of likely N-dealkylation sites (tertiary alicyclic amines) is 1. The number of nitrogens with two attached hydrogens (primary N) is 1. The Hall–Kier alpha value is -1.98. The molecule has 126 valence electrons. The molecule has 2 aromatic rings. The summed E-state index contributed by atoms with van der Waals surface area (Å²) in [5, 5.41) is 3.59. The van der Waals surface area contributed by atoms with E-state index in [0.29, 0.717) is 18.0 Å². The topological polar surface area (TPSA) is 67.1 Å². The highest BCUT2D eigenvalue weighted by Gasteiger charge is 2.29. The molecule has 3 N–H and O–H groups in total. The van der Waals surface area contributed by atoms with E-state index >= 15 is 0 Å². The van der Waals surface area contributed by atoms with E-state index in [1.807, 2.05) is 0 Å². The fourth-order valence-corrected chi connectivity index (χ4v) is 3.72. The van der Waals surface area contributed by atoms with Gasteiger partial charge in [0.05, 0.1) is 0 Å². The van der Waals surface area contributed by atoms with Gasteiger partial charge in [0.1, 0.15) is 12.1 Å². The van der Waals surface area contributed by atoms with Gasteiger partial charge in [-0.05, 0) is 24.8 Å². The van der Waals surface area contributed by atoms with Crippen LogP contribution in [0, 0.1) is 0 Å². The number of benzene rings is 1. The van der Waals surface area contributed by atoms with E-state index in [9.17, 15) is 0 Å². The summed E-state index contributed by atoms with van der Waals surface area (Å²) in [4.78, 5) is 11.3. The van der Waals surface area contributed by atoms with Gasteiger partial charge in [0, 0.05) is 49.4 Å². The van der Waals surface area contributed by atoms with E-state index in [-0.39, 0.29) is 0 Å². The molecule has 1 aromatic heterocycles. The number of anilines is 1. The number of nitrogens with zero attached hydrogens (tertiary/aromatic N) is 3. The van der Waals surface area contributed by atoms with Gasteiger partial charge in [0.15, 0.2) is 0 Å². The predicted octanol–water partition coefficient (Wildman–Crippen LogP) is 2.37. The summed E-state index contributed by atoms with van der Waals surface area (Å²) >= 11 is 0. The molecule has 1 atom stereocenters. The molecule has 0 radical (unpaired) electrons. The van der Waals surface area contributed by atoms with Crippen LogP contribution in [-0.4, -0.2) is 40.0 Å². The minimum absolute atomic E-state index is 0.350. The Bertz CT molecular complexity index is 668. The van der Waals surface area contributed by atoms with E-state index in [0.717, 1.165) is 50.4 Å². The van der Waals surface area contributed by atoms with Crippen LogP contribution in [-0.2, 0) is 6.54 Å². The fraction of sp³-hybridized carbons (Fsp3) is 0.474. The normalized spacial score (nSPS) is 27.0. The number of hydrogen-bond acceptors (Lipinski definition) is 5. The predicted molar refractivity (Wildman–Crippen MR) is 95.7 cm³/mol. The Balaban J connectivity index is 1.32. The van der Waals surface area contributed by atoms with Gasteiger partial charge >= 0.3 is 0 Å². The number of nitrogens with one attached hydrogen (secondary N) is 1. The lowest BCUT2D eigenvalue weighted by Crippen LogP contribution is -2.35. The largest absolute Gasteiger partial charge is 0.366 e. The van der Waals surface area contributed by atoms with Gasteiger partial charge in [0.25, 0.3) is 0 Å². The molecule has 2 heterocycles. The van der Waals surface area contributed by atoms with Crippen molar-refractivity contribution in [1.29, 1.82) is 0 Å². The van der Waals surface area contributed by atoms with E-state index in [1.165, 1.54) is 5.56 Å². The third-order valence-electron chi connectivity index (χ3n) is 5.15. The van der Waals surface area contributed by atoms with Crippen LogP contribution in [0.15, 0.2) is 42.7 Å². The van der Waals surface area contributed by atoms with Gasteiger partial charge in [-0.3, -0.25) is 4.90 Å². The van der Waals surface area contributed by atoms with Gasteiger partial charge in [-0.2, -0.15) is 0 Å². The molecule has 2 fully saturated rings. The minimum atomic E-state index is 0.350. The molecule has 1 saturated heterocycles. The molecule has 4 rings (SSSR count). The second-order valence-corrected chi connectivity index (χ2v) is 7.11. The molecule has 1 aliphatic carbocycles. The molecule has 5 nitrogen and oxygen atoms in total. The average molecular weight is 323 g/mol. The van der Waals surface area contributed by atoms with E-state index in [4.69, 9.17) is 5.73 Å². The van der Waals surface area contributed by atoms with Crippen LogP contribution in [0.3, 0.4) is 0 Å². The van der Waals surface area contributed by atoms with Gasteiger partial charge in [-0.25, -0.2) is 9.97 Å². The summed E-state index contributed by atoms with van der Waals surface area (Å²) in [5.41, 5.74) is 8.40. The van der Waals surface area contributed by atoms with E-state index in [2.05, 4.69) is 56.6 Å². The Morgan fingerprint density at radius 2 is 2.00 bits per heavy atom. The summed E-state index contributed by atoms with van der Waals surface area (Å²) < 4.78 is 0. The first kappa shape index (κ1) is 15.5. The second-order valence-electron chi connectivity index (χ2n) is 7.11. The van der Waals surface area contributed by atoms with Crippen LogP contribution >= 0.6 is 0 Å². The zero-order valence-electron chi connectivity index (χ0n) is 13.9. The van der Waals surface area contributed by atoms with Crippen molar-refractivity contribution in [2.45, 2.75) is 43.8 Å². The molecule has 0 bridgehead atoms. The zero-order chi connectivity index (χ0) is 16.4.